The minimum atomic E-state index is -4.77. The van der Waals surface area contributed by atoms with Crippen LogP contribution in [0.2, 0.25) is 0 Å². The van der Waals surface area contributed by atoms with Gasteiger partial charge in [-0.05, 0) is 11.1 Å². The Labute approximate surface area is 105 Å². The standard InChI is InChI=1S/C8H5F4NO5S/c9-4-1-6(18-3-8(10,11)12)5(13(14)15)2-7(4)19(16)17/h1-2H,3H2,(H,16,17)/p-1. The highest BCUT2D eigenvalue weighted by Gasteiger charge is 2.30. The van der Waals surface area contributed by atoms with Gasteiger partial charge in [-0.1, -0.05) is 0 Å². The molecular formula is C8H4F4NO5S-. The summed E-state index contributed by atoms with van der Waals surface area (Å²) in [5.74, 6) is -2.45. The summed E-state index contributed by atoms with van der Waals surface area (Å²) in [5.41, 5.74) is -1.08. The summed E-state index contributed by atoms with van der Waals surface area (Å²) in [4.78, 5) is 8.34. The van der Waals surface area contributed by atoms with E-state index in [0.29, 0.717) is 0 Å². The van der Waals surface area contributed by atoms with E-state index in [1.165, 1.54) is 0 Å². The van der Waals surface area contributed by atoms with E-state index in [2.05, 4.69) is 4.74 Å². The third-order valence-electron chi connectivity index (χ3n) is 1.78. The van der Waals surface area contributed by atoms with Crippen LogP contribution < -0.4 is 4.74 Å². The molecule has 0 aromatic heterocycles. The summed E-state index contributed by atoms with van der Waals surface area (Å²) in [6, 6.07) is 0.499. The van der Waals surface area contributed by atoms with Gasteiger partial charge in [0.1, 0.15) is 5.82 Å². The van der Waals surface area contributed by atoms with Crippen LogP contribution in [0.5, 0.6) is 5.75 Å². The molecule has 0 spiro atoms. The van der Waals surface area contributed by atoms with Gasteiger partial charge >= 0.3 is 11.9 Å². The first-order valence-electron chi connectivity index (χ1n) is 4.38. The van der Waals surface area contributed by atoms with Gasteiger partial charge in [-0.25, -0.2) is 4.39 Å². The predicted molar refractivity (Wildman–Crippen MR) is 51.8 cm³/mol. The van der Waals surface area contributed by atoms with E-state index < -0.39 is 50.9 Å². The molecule has 19 heavy (non-hydrogen) atoms. The molecule has 0 heterocycles. The quantitative estimate of drug-likeness (QED) is 0.366. The molecular weight excluding hydrogens is 298 g/mol. The number of hydrogen-bond acceptors (Lipinski definition) is 5. The normalized spacial score (nSPS) is 13.1. The SMILES string of the molecule is O=[N+]([O-])c1cc(S(=O)[O-])c(F)cc1OCC(F)(F)F. The molecule has 0 aliphatic rings. The van der Waals surface area contributed by atoms with E-state index in [9.17, 15) is 36.4 Å². The molecule has 1 atom stereocenters. The first-order chi connectivity index (χ1) is 8.61. The van der Waals surface area contributed by atoms with E-state index in [1.807, 2.05) is 0 Å². The van der Waals surface area contributed by atoms with Gasteiger partial charge < -0.3 is 9.29 Å². The highest BCUT2D eigenvalue weighted by atomic mass is 32.2. The number of nitro groups is 1. The number of hydrogen-bond donors (Lipinski definition) is 0. The number of rotatable bonds is 4. The average molecular weight is 302 g/mol. The van der Waals surface area contributed by atoms with Crippen molar-refractivity contribution in [1.29, 1.82) is 0 Å². The van der Waals surface area contributed by atoms with Crippen LogP contribution in [0.25, 0.3) is 0 Å². The summed E-state index contributed by atoms with van der Waals surface area (Å²) in [6.07, 6.45) is -4.77. The van der Waals surface area contributed by atoms with Crippen LogP contribution in [0.1, 0.15) is 0 Å². The Morgan fingerprint density at radius 3 is 2.37 bits per heavy atom. The van der Waals surface area contributed by atoms with Crippen molar-refractivity contribution < 1.29 is 36.0 Å². The highest BCUT2D eigenvalue weighted by molar-refractivity contribution is 7.79. The van der Waals surface area contributed by atoms with Gasteiger partial charge in [-0.3, -0.25) is 14.3 Å². The van der Waals surface area contributed by atoms with Crippen LogP contribution in [-0.2, 0) is 11.1 Å². The molecule has 6 nitrogen and oxygen atoms in total. The van der Waals surface area contributed by atoms with Crippen molar-refractivity contribution in [3.8, 4) is 5.75 Å². The maximum Gasteiger partial charge on any atom is 0.422 e. The Bertz CT molecular complexity index is 533. The average Bonchev–Trinajstić information content (AvgIpc) is 2.24. The topological polar surface area (TPSA) is 92.5 Å². The fraction of sp³-hybridized carbons (Fsp3) is 0.250. The van der Waals surface area contributed by atoms with Crippen LogP contribution in [0.3, 0.4) is 0 Å². The lowest BCUT2D eigenvalue weighted by Gasteiger charge is -2.12. The molecule has 0 amide bonds. The highest BCUT2D eigenvalue weighted by Crippen LogP contribution is 2.32. The molecule has 0 saturated carbocycles. The zero-order chi connectivity index (χ0) is 14.8. The van der Waals surface area contributed by atoms with E-state index in [0.717, 1.165) is 0 Å². The van der Waals surface area contributed by atoms with Gasteiger partial charge in [0.05, 0.1) is 9.82 Å². The van der Waals surface area contributed by atoms with Crippen LogP contribution in [0.4, 0.5) is 23.2 Å². The van der Waals surface area contributed by atoms with E-state index >= 15 is 0 Å². The van der Waals surface area contributed by atoms with E-state index in [1.54, 1.807) is 0 Å². The molecule has 1 aromatic carbocycles. The maximum absolute atomic E-state index is 13.2. The third-order valence-corrected chi connectivity index (χ3v) is 2.45. The lowest BCUT2D eigenvalue weighted by atomic mass is 10.3. The Hall–Kier alpha value is -1.75. The lowest BCUT2D eigenvalue weighted by Crippen LogP contribution is -2.19. The molecule has 0 aliphatic carbocycles. The lowest BCUT2D eigenvalue weighted by molar-refractivity contribution is -0.386. The number of ether oxygens (including phenoxy) is 1. The first-order valence-corrected chi connectivity index (χ1v) is 5.46. The number of halogens is 4. The van der Waals surface area contributed by atoms with Crippen LogP contribution >= 0.6 is 0 Å². The van der Waals surface area contributed by atoms with Gasteiger partial charge in [0, 0.05) is 12.1 Å². The molecule has 11 heteroatoms. The van der Waals surface area contributed by atoms with Crippen LogP contribution in [0, 0.1) is 15.9 Å². The first kappa shape index (κ1) is 15.3. The van der Waals surface area contributed by atoms with Crippen molar-refractivity contribution in [2.24, 2.45) is 0 Å². The van der Waals surface area contributed by atoms with Gasteiger partial charge in [0.2, 0.25) is 0 Å². The second-order valence-electron chi connectivity index (χ2n) is 3.15. The van der Waals surface area contributed by atoms with Crippen LogP contribution in [-0.4, -0.2) is 26.5 Å². The molecule has 1 aromatic rings. The fourth-order valence-corrected chi connectivity index (χ4v) is 1.50. The molecule has 0 fully saturated rings. The Kier molecular flexibility index (Phi) is 4.42. The summed E-state index contributed by atoms with van der Waals surface area (Å²) in [6.45, 7) is -1.87. The molecule has 0 radical (unpaired) electrons. The van der Waals surface area contributed by atoms with Gasteiger partial charge in [0.15, 0.2) is 12.4 Å². The fourth-order valence-electron chi connectivity index (χ4n) is 1.07. The number of alkyl halides is 3. The molecule has 1 rings (SSSR count). The molecule has 1 unspecified atom stereocenters. The van der Waals surface area contributed by atoms with Crippen LogP contribution in [0.15, 0.2) is 17.0 Å². The van der Waals surface area contributed by atoms with Crippen molar-refractivity contribution in [3.05, 3.63) is 28.1 Å². The Morgan fingerprint density at radius 1 is 1.37 bits per heavy atom. The summed E-state index contributed by atoms with van der Waals surface area (Å²) >= 11 is -3.10. The number of benzene rings is 1. The minimum Gasteiger partial charge on any atom is -0.768 e. The summed E-state index contributed by atoms with van der Waals surface area (Å²) < 4.78 is 74.0. The van der Waals surface area contributed by atoms with Gasteiger partial charge in [-0.2, -0.15) is 13.2 Å². The van der Waals surface area contributed by atoms with Crippen molar-refractivity contribution in [2.75, 3.05) is 6.61 Å². The number of nitro benzene ring substituents is 1. The molecule has 0 N–H and O–H groups in total. The number of nitrogens with zero attached hydrogens (tertiary/aromatic N) is 1. The van der Waals surface area contributed by atoms with Crippen molar-refractivity contribution in [3.63, 3.8) is 0 Å². The smallest absolute Gasteiger partial charge is 0.422 e. The zero-order valence-corrected chi connectivity index (χ0v) is 9.59. The second-order valence-corrected chi connectivity index (χ2v) is 4.06. The molecule has 106 valence electrons. The summed E-state index contributed by atoms with van der Waals surface area (Å²) in [7, 11) is 0. The van der Waals surface area contributed by atoms with Crippen molar-refractivity contribution in [1.82, 2.24) is 0 Å². The zero-order valence-electron chi connectivity index (χ0n) is 8.77. The molecule has 0 saturated heterocycles. The Morgan fingerprint density at radius 2 is 1.95 bits per heavy atom. The summed E-state index contributed by atoms with van der Waals surface area (Å²) in [5, 5.41) is 10.6. The largest absolute Gasteiger partial charge is 0.768 e. The van der Waals surface area contributed by atoms with Gasteiger partial charge in [0.25, 0.3) is 0 Å². The van der Waals surface area contributed by atoms with Gasteiger partial charge in [-0.15, -0.1) is 0 Å². The monoisotopic (exact) mass is 302 g/mol. The van der Waals surface area contributed by atoms with E-state index in [-0.39, 0.29) is 12.1 Å². The third kappa shape index (κ3) is 4.13. The van der Waals surface area contributed by atoms with Crippen molar-refractivity contribution >= 4 is 16.8 Å². The Balaban J connectivity index is 3.20. The second kappa shape index (κ2) is 5.48. The molecule has 0 aliphatic heterocycles. The molecule has 0 bridgehead atoms. The predicted octanol–water partition coefficient (Wildman–Crippen LogP) is 1.91. The van der Waals surface area contributed by atoms with E-state index in [4.69, 9.17) is 0 Å². The van der Waals surface area contributed by atoms with Crippen molar-refractivity contribution in [2.45, 2.75) is 11.1 Å². The maximum atomic E-state index is 13.2. The minimum absolute atomic E-state index is 0.217.